The molecule has 1 atom stereocenters. The van der Waals surface area contributed by atoms with E-state index in [0.717, 1.165) is 0 Å². The lowest BCUT2D eigenvalue weighted by atomic mass is 9.69. The molecule has 2 aromatic carbocycles. The van der Waals surface area contributed by atoms with E-state index in [-0.39, 0.29) is 29.2 Å². The van der Waals surface area contributed by atoms with Crippen molar-refractivity contribution in [3.8, 4) is 0 Å². The van der Waals surface area contributed by atoms with Crippen molar-refractivity contribution in [2.45, 2.75) is 39.0 Å². The zero-order chi connectivity index (χ0) is 21.6. The Hall–Kier alpha value is -2.99. The number of rotatable bonds is 3. The van der Waals surface area contributed by atoms with Crippen molar-refractivity contribution in [3.63, 3.8) is 0 Å². The summed E-state index contributed by atoms with van der Waals surface area (Å²) < 4.78 is 0. The number of nitro benzene ring substituents is 1. The number of nitro groups is 1. The number of anilines is 1. The number of non-ortho nitro benzene ring substituents is 1. The molecule has 4 rings (SSSR count). The average Bonchev–Trinajstić information content (AvgIpc) is 2.67. The van der Waals surface area contributed by atoms with Crippen molar-refractivity contribution in [3.05, 3.63) is 80.5 Å². The van der Waals surface area contributed by atoms with Crippen LogP contribution in [0, 0.1) is 15.5 Å². The molecule has 0 N–H and O–H groups in total. The number of Topliss-reactive ketones (excluding diaryl/α,β-unsaturated/α-hetero) is 1. The standard InChI is InChI=1S/C23H21ClN2O4/c1-23(2)12-19-22(20(27)13-23)18(14-4-3-5-17(10-14)26(29)30)11-21(28)25(19)16-8-6-15(24)7-9-16/h3-10,18H,11-13H2,1-2H3. The molecule has 0 saturated heterocycles. The lowest BCUT2D eigenvalue weighted by molar-refractivity contribution is -0.384. The highest BCUT2D eigenvalue weighted by atomic mass is 35.5. The highest BCUT2D eigenvalue weighted by molar-refractivity contribution is 6.30. The third kappa shape index (κ3) is 3.63. The van der Waals surface area contributed by atoms with E-state index in [4.69, 9.17) is 11.6 Å². The predicted molar refractivity (Wildman–Crippen MR) is 114 cm³/mol. The van der Waals surface area contributed by atoms with Gasteiger partial charge in [-0.2, -0.15) is 0 Å². The summed E-state index contributed by atoms with van der Waals surface area (Å²) in [6, 6.07) is 13.2. The number of amides is 1. The summed E-state index contributed by atoms with van der Waals surface area (Å²) in [6.07, 6.45) is 1.02. The molecule has 1 heterocycles. The van der Waals surface area contributed by atoms with E-state index in [9.17, 15) is 19.7 Å². The fraction of sp³-hybridized carbons (Fsp3) is 0.304. The minimum absolute atomic E-state index is 0.00998. The van der Waals surface area contributed by atoms with Crippen LogP contribution in [0.25, 0.3) is 0 Å². The number of carbonyl (C=O) groups is 2. The Morgan fingerprint density at radius 1 is 1.10 bits per heavy atom. The summed E-state index contributed by atoms with van der Waals surface area (Å²) in [5, 5.41) is 11.8. The molecule has 7 heteroatoms. The van der Waals surface area contributed by atoms with Crippen LogP contribution >= 0.6 is 11.6 Å². The molecule has 0 bridgehead atoms. The predicted octanol–water partition coefficient (Wildman–Crippen LogP) is 5.41. The second kappa shape index (κ2) is 7.36. The highest BCUT2D eigenvalue weighted by Crippen LogP contribution is 2.48. The molecule has 1 amide bonds. The Morgan fingerprint density at radius 2 is 1.80 bits per heavy atom. The maximum atomic E-state index is 13.3. The van der Waals surface area contributed by atoms with Gasteiger partial charge >= 0.3 is 0 Å². The number of hydrogen-bond donors (Lipinski definition) is 0. The van der Waals surface area contributed by atoms with Crippen molar-refractivity contribution < 1.29 is 14.5 Å². The van der Waals surface area contributed by atoms with Crippen molar-refractivity contribution in [2.75, 3.05) is 4.90 Å². The van der Waals surface area contributed by atoms with E-state index in [1.54, 1.807) is 41.3 Å². The average molecular weight is 425 g/mol. The van der Waals surface area contributed by atoms with E-state index in [0.29, 0.717) is 40.4 Å². The van der Waals surface area contributed by atoms with Gasteiger partial charge in [0.25, 0.3) is 5.69 Å². The van der Waals surface area contributed by atoms with Gasteiger partial charge in [0.15, 0.2) is 5.78 Å². The summed E-state index contributed by atoms with van der Waals surface area (Å²) in [5.74, 6) is -0.637. The minimum atomic E-state index is -0.487. The van der Waals surface area contributed by atoms with Crippen molar-refractivity contribution >= 4 is 34.7 Å². The zero-order valence-corrected chi connectivity index (χ0v) is 17.5. The Bertz CT molecular complexity index is 1090. The SMILES string of the molecule is CC1(C)CC(=O)C2=C(C1)N(c1ccc(Cl)cc1)C(=O)CC2c1cccc([N+](=O)[O-])c1. The van der Waals surface area contributed by atoms with Crippen LogP contribution in [-0.4, -0.2) is 16.6 Å². The van der Waals surface area contributed by atoms with Gasteiger partial charge in [-0.3, -0.25) is 24.6 Å². The fourth-order valence-corrected chi connectivity index (χ4v) is 4.57. The maximum Gasteiger partial charge on any atom is 0.269 e. The third-order valence-corrected chi connectivity index (χ3v) is 5.96. The van der Waals surface area contributed by atoms with Gasteiger partial charge in [0.2, 0.25) is 5.91 Å². The van der Waals surface area contributed by atoms with Crippen molar-refractivity contribution in [1.82, 2.24) is 0 Å². The molecular formula is C23H21ClN2O4. The number of allylic oxidation sites excluding steroid dienone is 2. The molecular weight excluding hydrogens is 404 g/mol. The summed E-state index contributed by atoms with van der Waals surface area (Å²) in [7, 11) is 0. The third-order valence-electron chi connectivity index (χ3n) is 5.71. The molecule has 1 unspecified atom stereocenters. The van der Waals surface area contributed by atoms with Crippen LogP contribution in [0.3, 0.4) is 0 Å². The molecule has 1 aliphatic carbocycles. The summed E-state index contributed by atoms with van der Waals surface area (Å²) in [5.41, 5.74) is 2.22. The van der Waals surface area contributed by atoms with Crippen LogP contribution in [0.15, 0.2) is 59.8 Å². The number of hydrogen-bond acceptors (Lipinski definition) is 4. The molecule has 30 heavy (non-hydrogen) atoms. The van der Waals surface area contributed by atoms with Gasteiger partial charge in [-0.1, -0.05) is 37.6 Å². The summed E-state index contributed by atoms with van der Waals surface area (Å²) in [6.45, 7) is 4.02. The highest BCUT2D eigenvalue weighted by Gasteiger charge is 2.44. The molecule has 154 valence electrons. The van der Waals surface area contributed by atoms with Crippen LogP contribution in [0.1, 0.15) is 44.6 Å². The van der Waals surface area contributed by atoms with Crippen molar-refractivity contribution in [2.24, 2.45) is 5.41 Å². The molecule has 6 nitrogen and oxygen atoms in total. The van der Waals surface area contributed by atoms with Gasteiger partial charge in [0.1, 0.15) is 0 Å². The first-order chi connectivity index (χ1) is 14.2. The van der Waals surface area contributed by atoms with Crippen LogP contribution in [0.5, 0.6) is 0 Å². The largest absolute Gasteiger partial charge is 0.294 e. The number of ketones is 1. The molecule has 0 fully saturated rings. The van der Waals surface area contributed by atoms with E-state index in [1.165, 1.54) is 12.1 Å². The van der Waals surface area contributed by atoms with Gasteiger partial charge in [-0.05, 0) is 41.7 Å². The van der Waals surface area contributed by atoms with Gasteiger partial charge < -0.3 is 0 Å². The Labute approximate surface area is 179 Å². The van der Waals surface area contributed by atoms with E-state index >= 15 is 0 Å². The monoisotopic (exact) mass is 424 g/mol. The molecule has 2 aromatic rings. The molecule has 0 spiro atoms. The number of halogens is 1. The second-order valence-electron chi connectivity index (χ2n) is 8.62. The first kappa shape index (κ1) is 20.3. The quantitative estimate of drug-likeness (QED) is 0.487. The van der Waals surface area contributed by atoms with E-state index in [2.05, 4.69) is 0 Å². The first-order valence-corrected chi connectivity index (χ1v) is 10.1. The maximum absolute atomic E-state index is 13.3. The minimum Gasteiger partial charge on any atom is -0.294 e. The van der Waals surface area contributed by atoms with Gasteiger partial charge in [-0.15, -0.1) is 0 Å². The summed E-state index contributed by atoms with van der Waals surface area (Å²) >= 11 is 6.01. The first-order valence-electron chi connectivity index (χ1n) is 9.75. The van der Waals surface area contributed by atoms with Crippen molar-refractivity contribution in [1.29, 1.82) is 0 Å². The number of nitrogens with zero attached hydrogens (tertiary/aromatic N) is 2. The Balaban J connectivity index is 1.89. The van der Waals surface area contributed by atoms with Crippen LogP contribution in [0.4, 0.5) is 11.4 Å². The van der Waals surface area contributed by atoms with Gasteiger partial charge in [0.05, 0.1) is 4.92 Å². The van der Waals surface area contributed by atoms with Crippen LogP contribution in [0.2, 0.25) is 5.02 Å². The molecule has 2 aliphatic rings. The van der Waals surface area contributed by atoms with E-state index in [1.807, 2.05) is 13.8 Å². The fourth-order valence-electron chi connectivity index (χ4n) is 4.44. The van der Waals surface area contributed by atoms with Crippen LogP contribution < -0.4 is 4.90 Å². The molecule has 0 saturated carbocycles. The Morgan fingerprint density at radius 3 is 2.47 bits per heavy atom. The normalized spacial score (nSPS) is 20.9. The smallest absolute Gasteiger partial charge is 0.269 e. The number of carbonyl (C=O) groups excluding carboxylic acids is 2. The topological polar surface area (TPSA) is 80.5 Å². The zero-order valence-electron chi connectivity index (χ0n) is 16.7. The molecule has 1 aliphatic heterocycles. The second-order valence-corrected chi connectivity index (χ2v) is 9.05. The summed E-state index contributed by atoms with van der Waals surface area (Å²) in [4.78, 5) is 38.9. The lowest BCUT2D eigenvalue weighted by Gasteiger charge is -2.43. The molecule has 0 radical (unpaired) electrons. The van der Waals surface area contributed by atoms with Gasteiger partial charge in [-0.25, -0.2) is 0 Å². The van der Waals surface area contributed by atoms with Gasteiger partial charge in [0, 0.05) is 52.9 Å². The lowest BCUT2D eigenvalue weighted by Crippen LogP contribution is -2.43. The van der Waals surface area contributed by atoms with E-state index < -0.39 is 10.8 Å². The number of benzene rings is 2. The van der Waals surface area contributed by atoms with Crippen LogP contribution in [-0.2, 0) is 9.59 Å². The molecule has 0 aromatic heterocycles. The Kier molecular flexibility index (Phi) is 4.98.